The van der Waals surface area contributed by atoms with E-state index in [1.807, 2.05) is 0 Å². The van der Waals surface area contributed by atoms with E-state index in [1.165, 1.54) is 66.6 Å². The van der Waals surface area contributed by atoms with Gasteiger partial charge in [-0.2, -0.15) is 4.37 Å². The molecule has 0 spiro atoms. The first-order valence-corrected chi connectivity index (χ1v) is 17.3. The second kappa shape index (κ2) is 12.5. The molecule has 2 fully saturated rings. The van der Waals surface area contributed by atoms with E-state index >= 15 is 0 Å². The number of carbonyl (C=O) groups excluding carboxylic acids is 1. The summed E-state index contributed by atoms with van der Waals surface area (Å²) < 4.78 is 45.7. The summed E-state index contributed by atoms with van der Waals surface area (Å²) in [4.78, 5) is 47.9. The first kappa shape index (κ1) is 33.4. The molecule has 0 aliphatic carbocycles. The van der Waals surface area contributed by atoms with Crippen molar-refractivity contribution in [1.82, 2.24) is 18.5 Å². The summed E-state index contributed by atoms with van der Waals surface area (Å²) in [5, 5.41) is 0.255. The fourth-order valence-corrected chi connectivity index (χ4v) is 8.20. The number of rotatable bonds is 9. The molecule has 2 aliphatic rings. The van der Waals surface area contributed by atoms with E-state index in [0.717, 1.165) is 17.4 Å². The van der Waals surface area contributed by atoms with Gasteiger partial charge in [0, 0.05) is 5.56 Å². The highest BCUT2D eigenvalue weighted by molar-refractivity contribution is 7.22. The van der Waals surface area contributed by atoms with Crippen LogP contribution in [0.1, 0.15) is 77.5 Å². The number of hydrogen-bond donors (Lipinski definition) is 0. The number of aryl methyl sites for hydroxylation is 1. The van der Waals surface area contributed by atoms with E-state index in [-0.39, 0.29) is 30.2 Å². The molecule has 2 aliphatic heterocycles. The number of hydrogen-bond acceptors (Lipinski definition) is 11. The number of esters is 1. The normalized spacial score (nSPS) is 20.5. The van der Waals surface area contributed by atoms with Gasteiger partial charge in [-0.3, -0.25) is 9.36 Å². The Labute approximate surface area is 279 Å². The molecule has 0 radical (unpaired) electrons. The van der Waals surface area contributed by atoms with Crippen LogP contribution in [-0.4, -0.2) is 55.5 Å². The lowest BCUT2D eigenvalue weighted by Crippen LogP contribution is -2.54. The number of ether oxygens (including phenoxy) is 4. The van der Waals surface area contributed by atoms with Gasteiger partial charge in [0.15, 0.2) is 5.82 Å². The number of carbonyl (C=O) groups is 1. The van der Waals surface area contributed by atoms with Crippen LogP contribution >= 0.6 is 22.9 Å². The number of halogens is 1. The summed E-state index contributed by atoms with van der Waals surface area (Å²) in [6.45, 7) is 9.82. The minimum Gasteiger partial charge on any atom is -0.496 e. The zero-order valence-corrected chi connectivity index (χ0v) is 29.1. The Hall–Kier alpha value is -3.46. The van der Waals surface area contributed by atoms with Crippen LogP contribution < -0.4 is 16.0 Å². The molecule has 0 amide bonds. The maximum absolute atomic E-state index is 14.8. The highest BCUT2D eigenvalue weighted by Crippen LogP contribution is 2.40. The lowest BCUT2D eigenvalue weighted by atomic mass is 10.0. The van der Waals surface area contributed by atoms with E-state index in [9.17, 15) is 18.8 Å². The molecule has 3 aromatic heterocycles. The maximum Gasteiger partial charge on any atom is 0.333 e. The number of methoxy groups -OCH3 is 1. The van der Waals surface area contributed by atoms with Crippen molar-refractivity contribution in [1.29, 1.82) is 0 Å². The summed E-state index contributed by atoms with van der Waals surface area (Å²) in [7, 11) is 1.49. The largest absolute Gasteiger partial charge is 0.496 e. The van der Waals surface area contributed by atoms with Crippen molar-refractivity contribution < 1.29 is 28.1 Å². The average Bonchev–Trinajstić information content (AvgIpc) is 3.72. The minimum atomic E-state index is -1.68. The molecule has 5 heterocycles. The van der Waals surface area contributed by atoms with Crippen LogP contribution in [0.5, 0.6) is 5.75 Å². The molecule has 3 atom stereocenters. The van der Waals surface area contributed by atoms with Gasteiger partial charge in [-0.25, -0.2) is 23.5 Å². The molecule has 1 aromatic carbocycles. The van der Waals surface area contributed by atoms with Crippen molar-refractivity contribution in [2.45, 2.75) is 109 Å². The Morgan fingerprint density at radius 2 is 1.85 bits per heavy atom. The standard InChI is InChI=1S/C33H39FN4O7S2/c1-17-25-28(39)38(33(5,6)30(40)45-32(2,3)4)31(41)37(29(25)47-26(17)27-35-16-46-36-27)15-24(22-12-18(34)8-11-23(22)42-7)44-21-13-19-9-10-20(14-21)43-19/h8,11-12,16,19-21,24H,9-10,13-15H2,1-7H3/t19-,20-,24+/m1/s1. The van der Waals surface area contributed by atoms with Gasteiger partial charge in [0.2, 0.25) is 0 Å². The van der Waals surface area contributed by atoms with Crippen LogP contribution in [0.15, 0.2) is 33.3 Å². The molecule has 252 valence electrons. The fourth-order valence-electron chi connectivity index (χ4n) is 6.47. The molecular weight excluding hydrogens is 648 g/mol. The quantitative estimate of drug-likeness (QED) is 0.203. The van der Waals surface area contributed by atoms with E-state index in [1.54, 1.807) is 33.2 Å². The molecule has 0 N–H and O–H groups in total. The zero-order chi connectivity index (χ0) is 33.8. The molecule has 2 bridgehead atoms. The van der Waals surface area contributed by atoms with Crippen LogP contribution in [-0.2, 0) is 31.1 Å². The second-order valence-corrected chi connectivity index (χ2v) is 15.3. The van der Waals surface area contributed by atoms with E-state index in [0.29, 0.717) is 45.3 Å². The maximum atomic E-state index is 14.8. The summed E-state index contributed by atoms with van der Waals surface area (Å²) in [5.41, 5.74) is -1.31. The Morgan fingerprint density at radius 3 is 2.47 bits per heavy atom. The Balaban J connectivity index is 1.56. The molecule has 4 aromatic rings. The molecular formula is C33H39FN4O7S2. The van der Waals surface area contributed by atoms with Crippen LogP contribution in [0.2, 0.25) is 0 Å². The van der Waals surface area contributed by atoms with Crippen LogP contribution in [0, 0.1) is 12.7 Å². The lowest BCUT2D eigenvalue weighted by molar-refractivity contribution is -0.164. The van der Waals surface area contributed by atoms with Crippen LogP contribution in [0.3, 0.4) is 0 Å². The Morgan fingerprint density at radius 1 is 1.15 bits per heavy atom. The number of nitrogens with zero attached hydrogens (tertiary/aromatic N) is 4. The molecule has 14 heteroatoms. The highest BCUT2D eigenvalue weighted by atomic mass is 32.1. The van der Waals surface area contributed by atoms with Gasteiger partial charge in [0.05, 0.1) is 42.2 Å². The molecule has 0 unspecified atom stereocenters. The second-order valence-electron chi connectivity index (χ2n) is 13.6. The Bertz CT molecular complexity index is 1910. The minimum absolute atomic E-state index is 0.0767. The van der Waals surface area contributed by atoms with Crippen molar-refractivity contribution in [3.8, 4) is 16.5 Å². The first-order chi connectivity index (χ1) is 22.2. The third kappa shape index (κ3) is 6.40. The van der Waals surface area contributed by atoms with E-state index < -0.39 is 40.3 Å². The molecule has 6 rings (SSSR count). The predicted octanol–water partition coefficient (Wildman–Crippen LogP) is 5.74. The first-order valence-electron chi connectivity index (χ1n) is 15.6. The van der Waals surface area contributed by atoms with Gasteiger partial charge in [0.25, 0.3) is 5.56 Å². The third-order valence-electron chi connectivity index (χ3n) is 8.73. The summed E-state index contributed by atoms with van der Waals surface area (Å²) in [6, 6.07) is 4.18. The monoisotopic (exact) mass is 686 g/mol. The van der Waals surface area contributed by atoms with Gasteiger partial charge in [0.1, 0.15) is 39.2 Å². The van der Waals surface area contributed by atoms with Gasteiger partial charge in [-0.05, 0) is 103 Å². The van der Waals surface area contributed by atoms with E-state index in [4.69, 9.17) is 18.9 Å². The number of fused-ring (bicyclic) bond motifs is 3. The fraction of sp³-hybridized carbons (Fsp3) is 0.545. The molecule has 0 saturated carbocycles. The molecule has 2 saturated heterocycles. The van der Waals surface area contributed by atoms with Gasteiger partial charge in [-0.15, -0.1) is 11.3 Å². The summed E-state index contributed by atoms with van der Waals surface area (Å²) in [6.07, 6.45) is 2.31. The van der Waals surface area contributed by atoms with Crippen LogP contribution in [0.4, 0.5) is 4.39 Å². The number of benzene rings is 1. The number of aromatic nitrogens is 4. The van der Waals surface area contributed by atoms with Crippen molar-refractivity contribution in [3.63, 3.8) is 0 Å². The van der Waals surface area contributed by atoms with Crippen molar-refractivity contribution in [3.05, 3.63) is 61.5 Å². The SMILES string of the molecule is COc1ccc(F)cc1[C@H](Cn1c(=O)n(C(C)(C)C(=O)OC(C)(C)C)c(=O)c2c(C)c(-c3ncsn3)sc21)OC1C[C@H]2CC[C@H](C1)O2. The Kier molecular flexibility index (Phi) is 8.92. The highest BCUT2D eigenvalue weighted by Gasteiger charge is 2.40. The van der Waals surface area contributed by atoms with Crippen molar-refractivity contribution in [2.75, 3.05) is 7.11 Å². The zero-order valence-electron chi connectivity index (χ0n) is 27.5. The van der Waals surface area contributed by atoms with E-state index in [2.05, 4.69) is 9.36 Å². The van der Waals surface area contributed by atoms with Gasteiger partial charge in [-0.1, -0.05) is 0 Å². The molecule has 11 nitrogen and oxygen atoms in total. The van der Waals surface area contributed by atoms with Crippen molar-refractivity contribution >= 4 is 39.1 Å². The van der Waals surface area contributed by atoms with Crippen molar-refractivity contribution in [2.24, 2.45) is 0 Å². The molecule has 47 heavy (non-hydrogen) atoms. The summed E-state index contributed by atoms with van der Waals surface area (Å²) >= 11 is 2.39. The van der Waals surface area contributed by atoms with Gasteiger partial charge < -0.3 is 18.9 Å². The smallest absolute Gasteiger partial charge is 0.333 e. The lowest BCUT2D eigenvalue weighted by Gasteiger charge is -2.33. The number of thiophene rings is 1. The topological polar surface area (TPSA) is 124 Å². The predicted molar refractivity (Wildman–Crippen MR) is 177 cm³/mol. The summed E-state index contributed by atoms with van der Waals surface area (Å²) in [5.74, 6) is -0.393. The van der Waals surface area contributed by atoms with Crippen LogP contribution in [0.25, 0.3) is 20.9 Å². The van der Waals surface area contributed by atoms with Gasteiger partial charge >= 0.3 is 11.7 Å². The average molecular weight is 687 g/mol. The third-order valence-corrected chi connectivity index (χ3v) is 10.5.